The molecule has 0 aliphatic rings. The lowest BCUT2D eigenvalue weighted by Gasteiger charge is -2.11. The van der Waals surface area contributed by atoms with Crippen molar-refractivity contribution >= 4 is 33.4 Å². The van der Waals surface area contributed by atoms with E-state index < -0.39 is 0 Å². The topological polar surface area (TPSA) is 52.8 Å². The molecule has 32 heavy (non-hydrogen) atoms. The summed E-state index contributed by atoms with van der Waals surface area (Å²) in [6.07, 6.45) is 2.66. The maximum absolute atomic E-state index is 13.1. The molecule has 3 aromatic carbocycles. The van der Waals surface area contributed by atoms with Gasteiger partial charge in [-0.1, -0.05) is 53.3 Å². The third kappa shape index (κ3) is 4.09. The van der Waals surface area contributed by atoms with Crippen LogP contribution in [0.4, 0.5) is 0 Å². The minimum atomic E-state index is -0.0533. The fourth-order valence-corrected chi connectivity index (χ4v) is 4.59. The Kier molecular flexibility index (Phi) is 5.60. The summed E-state index contributed by atoms with van der Waals surface area (Å²) in [6.45, 7) is 3.13. The van der Waals surface area contributed by atoms with E-state index in [1.54, 1.807) is 4.40 Å². The van der Waals surface area contributed by atoms with Gasteiger partial charge in [0.1, 0.15) is 11.5 Å². The van der Waals surface area contributed by atoms with Crippen molar-refractivity contribution < 1.29 is 9.47 Å². The second kappa shape index (κ2) is 8.85. The average molecular weight is 443 g/mol. The van der Waals surface area contributed by atoms with Gasteiger partial charge in [0.05, 0.1) is 28.8 Å². The summed E-state index contributed by atoms with van der Waals surface area (Å²) in [4.78, 5) is 18.4. The lowest BCUT2D eigenvalue weighted by molar-refractivity contribution is 0.247. The second-order valence-corrected chi connectivity index (χ2v) is 8.55. The molecule has 0 N–H and O–H groups in total. The van der Waals surface area contributed by atoms with Crippen molar-refractivity contribution in [1.82, 2.24) is 9.38 Å². The van der Waals surface area contributed by atoms with E-state index in [1.165, 1.54) is 11.3 Å². The van der Waals surface area contributed by atoms with Gasteiger partial charge in [-0.25, -0.2) is 9.38 Å². The normalized spacial score (nSPS) is 12.0. The van der Waals surface area contributed by atoms with Crippen molar-refractivity contribution in [1.29, 1.82) is 0 Å². The first-order valence-electron chi connectivity index (χ1n) is 10.5. The number of thiazole rings is 1. The zero-order valence-electron chi connectivity index (χ0n) is 17.7. The molecule has 0 fully saturated rings. The highest BCUT2D eigenvalue weighted by molar-refractivity contribution is 7.15. The Morgan fingerprint density at radius 3 is 2.62 bits per heavy atom. The summed E-state index contributed by atoms with van der Waals surface area (Å²) < 4.78 is 14.1. The summed E-state index contributed by atoms with van der Waals surface area (Å²) in [6, 6.07) is 23.5. The lowest BCUT2D eigenvalue weighted by atomic mass is 10.1. The molecule has 5 rings (SSSR count). The van der Waals surface area contributed by atoms with Crippen LogP contribution >= 0.6 is 11.3 Å². The number of benzene rings is 3. The quantitative estimate of drug-likeness (QED) is 0.345. The molecule has 0 radical (unpaired) electrons. The standard InChI is InChI=1S/C26H22N2O3S/c1-18-12-13-23(31-15-7-14-30-20-8-3-2-4-9-20)19(16-18)17-24-25(29)28-22-11-6-5-10-21(22)27-26(28)32-24/h2-6,8-13,16-17H,7,14-15H2,1H3. The molecule has 0 amide bonds. The van der Waals surface area contributed by atoms with Crippen LogP contribution in [-0.4, -0.2) is 22.6 Å². The highest BCUT2D eigenvalue weighted by atomic mass is 32.1. The number of para-hydroxylation sites is 3. The first-order chi connectivity index (χ1) is 15.7. The lowest BCUT2D eigenvalue weighted by Crippen LogP contribution is -2.22. The Hall–Kier alpha value is -3.64. The van der Waals surface area contributed by atoms with Gasteiger partial charge in [-0.15, -0.1) is 0 Å². The second-order valence-electron chi connectivity index (χ2n) is 7.54. The third-order valence-corrected chi connectivity index (χ3v) is 6.12. The minimum Gasteiger partial charge on any atom is -0.493 e. The molecule has 0 bridgehead atoms. The van der Waals surface area contributed by atoms with E-state index in [9.17, 15) is 4.79 Å². The van der Waals surface area contributed by atoms with Crippen molar-refractivity contribution in [3.63, 3.8) is 0 Å². The van der Waals surface area contributed by atoms with Gasteiger partial charge in [-0.05, 0) is 49.4 Å². The maximum atomic E-state index is 13.1. The summed E-state index contributed by atoms with van der Waals surface area (Å²) in [5, 5.41) is 0. The number of fused-ring (bicyclic) bond motifs is 3. The Morgan fingerprint density at radius 1 is 0.969 bits per heavy atom. The van der Waals surface area contributed by atoms with Gasteiger partial charge in [-0.3, -0.25) is 4.79 Å². The predicted molar refractivity (Wildman–Crippen MR) is 129 cm³/mol. The van der Waals surface area contributed by atoms with Crippen LogP contribution in [0.2, 0.25) is 0 Å². The molecule has 5 nitrogen and oxygen atoms in total. The van der Waals surface area contributed by atoms with Crippen LogP contribution in [0.1, 0.15) is 17.5 Å². The molecule has 6 heteroatoms. The van der Waals surface area contributed by atoms with Crippen molar-refractivity contribution in [2.45, 2.75) is 13.3 Å². The monoisotopic (exact) mass is 442 g/mol. The van der Waals surface area contributed by atoms with Gasteiger partial charge in [0.15, 0.2) is 4.96 Å². The van der Waals surface area contributed by atoms with E-state index in [1.807, 2.05) is 85.8 Å². The van der Waals surface area contributed by atoms with Crippen LogP contribution in [0.15, 0.2) is 77.6 Å². The highest BCUT2D eigenvalue weighted by Gasteiger charge is 2.11. The van der Waals surface area contributed by atoms with Crippen LogP contribution in [0.5, 0.6) is 11.5 Å². The average Bonchev–Trinajstić information content (AvgIpc) is 3.31. The van der Waals surface area contributed by atoms with E-state index in [-0.39, 0.29) is 5.56 Å². The number of imidazole rings is 1. The van der Waals surface area contributed by atoms with Crippen LogP contribution in [0.25, 0.3) is 22.1 Å². The molecular weight excluding hydrogens is 420 g/mol. The number of rotatable bonds is 7. The van der Waals surface area contributed by atoms with Crippen LogP contribution in [0.3, 0.4) is 0 Å². The molecule has 0 saturated heterocycles. The molecule has 2 heterocycles. The minimum absolute atomic E-state index is 0.0533. The van der Waals surface area contributed by atoms with Gasteiger partial charge in [0.2, 0.25) is 0 Å². The maximum Gasteiger partial charge on any atom is 0.274 e. The number of hydrogen-bond donors (Lipinski definition) is 0. The van der Waals surface area contributed by atoms with Crippen molar-refractivity contribution in [3.05, 3.63) is 98.8 Å². The molecule has 5 aromatic rings. The number of nitrogens with zero attached hydrogens (tertiary/aromatic N) is 2. The van der Waals surface area contributed by atoms with Crippen molar-refractivity contribution in [2.75, 3.05) is 13.2 Å². The van der Waals surface area contributed by atoms with Crippen LogP contribution in [0, 0.1) is 6.92 Å². The third-order valence-electron chi connectivity index (χ3n) is 5.16. The fourth-order valence-electron chi connectivity index (χ4n) is 3.61. The molecule has 0 unspecified atom stereocenters. The molecule has 0 aliphatic heterocycles. The molecule has 0 atom stereocenters. The summed E-state index contributed by atoms with van der Waals surface area (Å²) >= 11 is 1.40. The zero-order valence-corrected chi connectivity index (χ0v) is 18.5. The zero-order chi connectivity index (χ0) is 21.9. The molecule has 160 valence electrons. The molecule has 2 aromatic heterocycles. The molecule has 0 spiro atoms. The van der Waals surface area contributed by atoms with Gasteiger partial charge in [-0.2, -0.15) is 0 Å². The number of hydrogen-bond acceptors (Lipinski definition) is 5. The van der Waals surface area contributed by atoms with Crippen molar-refractivity contribution in [2.24, 2.45) is 0 Å². The number of aryl methyl sites for hydroxylation is 1. The van der Waals surface area contributed by atoms with Gasteiger partial charge in [0.25, 0.3) is 5.56 Å². The molecule has 0 aliphatic carbocycles. The van der Waals surface area contributed by atoms with Gasteiger partial charge >= 0.3 is 0 Å². The predicted octanol–water partition coefficient (Wildman–Crippen LogP) is 4.61. The Bertz CT molecular complexity index is 1490. The van der Waals surface area contributed by atoms with E-state index in [0.29, 0.717) is 22.7 Å². The first-order valence-corrected chi connectivity index (χ1v) is 11.3. The van der Waals surface area contributed by atoms with E-state index in [4.69, 9.17) is 9.47 Å². The van der Waals surface area contributed by atoms with E-state index in [2.05, 4.69) is 4.98 Å². The summed E-state index contributed by atoms with van der Waals surface area (Å²) in [5.41, 5.74) is 3.61. The largest absolute Gasteiger partial charge is 0.493 e. The highest BCUT2D eigenvalue weighted by Crippen LogP contribution is 2.22. The number of ether oxygens (including phenoxy) is 2. The van der Waals surface area contributed by atoms with Gasteiger partial charge < -0.3 is 9.47 Å². The SMILES string of the molecule is Cc1ccc(OCCCOc2ccccc2)c(C=c2sc3nc4ccccc4n3c2=O)c1. The summed E-state index contributed by atoms with van der Waals surface area (Å²) in [7, 11) is 0. The Labute approximate surface area is 189 Å². The van der Waals surface area contributed by atoms with Crippen LogP contribution in [-0.2, 0) is 0 Å². The van der Waals surface area contributed by atoms with E-state index in [0.717, 1.165) is 40.1 Å². The van der Waals surface area contributed by atoms with Crippen molar-refractivity contribution in [3.8, 4) is 11.5 Å². The summed E-state index contributed by atoms with van der Waals surface area (Å²) in [5.74, 6) is 1.61. The fraction of sp³-hybridized carbons (Fsp3) is 0.154. The van der Waals surface area contributed by atoms with Crippen LogP contribution < -0.4 is 19.6 Å². The molecular formula is C26H22N2O3S. The Balaban J connectivity index is 1.37. The van der Waals surface area contributed by atoms with E-state index >= 15 is 0 Å². The Morgan fingerprint density at radius 2 is 1.75 bits per heavy atom. The number of aromatic nitrogens is 2. The smallest absolute Gasteiger partial charge is 0.274 e. The van der Waals surface area contributed by atoms with Gasteiger partial charge in [0, 0.05) is 12.0 Å². The molecule has 0 saturated carbocycles. The first kappa shape index (κ1) is 20.3.